The number of phenols is 1. The lowest BCUT2D eigenvalue weighted by atomic mass is 10.1. The van der Waals surface area contributed by atoms with E-state index in [1.807, 2.05) is 19.2 Å². The molecule has 2 aromatic rings. The van der Waals surface area contributed by atoms with Gasteiger partial charge in [-0.05, 0) is 19.9 Å². The maximum Gasteiger partial charge on any atom is 0.126 e. The van der Waals surface area contributed by atoms with Crippen LogP contribution in [0.25, 0.3) is 0 Å². The van der Waals surface area contributed by atoms with Gasteiger partial charge in [0.2, 0.25) is 0 Å². The fourth-order valence-corrected chi connectivity index (χ4v) is 2.44. The van der Waals surface area contributed by atoms with Crippen LogP contribution in [-0.2, 0) is 6.54 Å². The molecule has 0 saturated heterocycles. The van der Waals surface area contributed by atoms with E-state index in [9.17, 15) is 9.50 Å². The number of aromatic nitrogens is 1. The monoisotopic (exact) mass is 266 g/mol. The van der Waals surface area contributed by atoms with Crippen molar-refractivity contribution in [1.82, 2.24) is 10.3 Å². The zero-order chi connectivity index (χ0) is 13.1. The molecular formula is C13H15FN2OS. The van der Waals surface area contributed by atoms with Gasteiger partial charge in [-0.15, -0.1) is 11.3 Å². The van der Waals surface area contributed by atoms with E-state index < -0.39 is 5.82 Å². The highest BCUT2D eigenvalue weighted by molar-refractivity contribution is 7.09. The van der Waals surface area contributed by atoms with Crippen molar-refractivity contribution >= 4 is 11.3 Å². The number of benzene rings is 1. The average molecular weight is 266 g/mol. The number of phenolic OH excluding ortho intramolecular Hbond substituents is 1. The summed E-state index contributed by atoms with van der Waals surface area (Å²) in [7, 11) is 0. The summed E-state index contributed by atoms with van der Waals surface area (Å²) in [6.45, 7) is 4.51. The number of aryl methyl sites for hydroxylation is 1. The van der Waals surface area contributed by atoms with E-state index in [-0.39, 0.29) is 11.8 Å². The minimum Gasteiger partial charge on any atom is -0.508 e. The highest BCUT2D eigenvalue weighted by Gasteiger charge is 2.11. The molecule has 0 saturated carbocycles. The van der Waals surface area contributed by atoms with Crippen molar-refractivity contribution in [1.29, 1.82) is 0 Å². The smallest absolute Gasteiger partial charge is 0.126 e. The molecule has 18 heavy (non-hydrogen) atoms. The Labute approximate surface area is 109 Å². The Bertz CT molecular complexity index is 542. The third kappa shape index (κ3) is 3.05. The van der Waals surface area contributed by atoms with Gasteiger partial charge in [0.05, 0.1) is 0 Å². The van der Waals surface area contributed by atoms with Crippen molar-refractivity contribution in [2.24, 2.45) is 0 Å². The summed E-state index contributed by atoms with van der Waals surface area (Å²) in [5.41, 5.74) is 1.69. The lowest BCUT2D eigenvalue weighted by Gasteiger charge is -2.14. The first-order valence-electron chi connectivity index (χ1n) is 5.69. The summed E-state index contributed by atoms with van der Waals surface area (Å²) in [6.07, 6.45) is 0. The molecule has 1 aromatic heterocycles. The normalized spacial score (nSPS) is 12.6. The predicted molar refractivity (Wildman–Crippen MR) is 70.2 cm³/mol. The number of hydrogen-bond acceptors (Lipinski definition) is 4. The first kappa shape index (κ1) is 13.0. The molecule has 0 aliphatic rings. The lowest BCUT2D eigenvalue weighted by molar-refractivity contribution is 0.446. The molecule has 0 radical (unpaired) electrons. The summed E-state index contributed by atoms with van der Waals surface area (Å²) in [6, 6.07) is 4.01. The van der Waals surface area contributed by atoms with Crippen LogP contribution in [0, 0.1) is 12.7 Å². The van der Waals surface area contributed by atoms with Gasteiger partial charge in [-0.25, -0.2) is 9.37 Å². The van der Waals surface area contributed by atoms with Crippen LogP contribution < -0.4 is 5.32 Å². The Morgan fingerprint density at radius 3 is 2.89 bits per heavy atom. The zero-order valence-corrected chi connectivity index (χ0v) is 11.1. The van der Waals surface area contributed by atoms with Crippen molar-refractivity contribution in [3.05, 3.63) is 45.7 Å². The quantitative estimate of drug-likeness (QED) is 0.893. The van der Waals surface area contributed by atoms with Crippen molar-refractivity contribution in [3.63, 3.8) is 0 Å². The van der Waals surface area contributed by atoms with Gasteiger partial charge in [0.1, 0.15) is 16.6 Å². The molecule has 0 aliphatic carbocycles. The molecule has 2 N–H and O–H groups in total. The Hall–Kier alpha value is -1.46. The van der Waals surface area contributed by atoms with Crippen LogP contribution in [0.4, 0.5) is 4.39 Å². The van der Waals surface area contributed by atoms with Crippen molar-refractivity contribution in [2.45, 2.75) is 26.4 Å². The number of nitrogens with one attached hydrogen (secondary N) is 1. The molecule has 0 fully saturated rings. The van der Waals surface area contributed by atoms with Gasteiger partial charge in [-0.1, -0.05) is 6.07 Å². The fourth-order valence-electron chi connectivity index (χ4n) is 1.72. The number of halogens is 1. The van der Waals surface area contributed by atoms with Crippen LogP contribution in [0.15, 0.2) is 23.6 Å². The third-order valence-electron chi connectivity index (χ3n) is 2.69. The van der Waals surface area contributed by atoms with Crippen molar-refractivity contribution < 1.29 is 9.50 Å². The standard InChI is InChI=1S/C13H15FN2OS/c1-8-7-18-13(16-8)6-15-9(2)11-4-3-10(14)5-12(11)17/h3-5,7,9,15,17H,6H2,1-2H3. The predicted octanol–water partition coefficient (Wildman–Crippen LogP) is 3.15. The largest absolute Gasteiger partial charge is 0.508 e. The van der Waals surface area contributed by atoms with E-state index in [4.69, 9.17) is 0 Å². The number of hydrogen-bond donors (Lipinski definition) is 2. The van der Waals surface area contributed by atoms with Crippen LogP contribution >= 0.6 is 11.3 Å². The Morgan fingerprint density at radius 2 is 2.28 bits per heavy atom. The van der Waals surface area contributed by atoms with Crippen LogP contribution in [0.5, 0.6) is 5.75 Å². The minimum atomic E-state index is -0.431. The molecule has 1 atom stereocenters. The van der Waals surface area contributed by atoms with Gasteiger partial charge < -0.3 is 10.4 Å². The summed E-state index contributed by atoms with van der Waals surface area (Å²) < 4.78 is 12.9. The first-order chi connectivity index (χ1) is 8.56. The Morgan fingerprint density at radius 1 is 1.50 bits per heavy atom. The molecule has 0 bridgehead atoms. The van der Waals surface area contributed by atoms with Crippen LogP contribution in [-0.4, -0.2) is 10.1 Å². The summed E-state index contributed by atoms with van der Waals surface area (Å²) in [5, 5.41) is 15.9. The fraction of sp³-hybridized carbons (Fsp3) is 0.308. The second-order valence-electron chi connectivity index (χ2n) is 4.19. The van der Waals surface area contributed by atoms with Crippen molar-refractivity contribution in [2.75, 3.05) is 0 Å². The Balaban J connectivity index is 2.01. The van der Waals surface area contributed by atoms with E-state index >= 15 is 0 Å². The summed E-state index contributed by atoms with van der Waals surface area (Å²) in [4.78, 5) is 4.35. The second kappa shape index (κ2) is 5.46. The summed E-state index contributed by atoms with van der Waals surface area (Å²) in [5.74, 6) is -0.454. The van der Waals surface area contributed by atoms with E-state index in [1.165, 1.54) is 6.07 Å². The molecule has 0 aliphatic heterocycles. The van der Waals surface area contributed by atoms with Gasteiger partial charge in [0, 0.05) is 35.3 Å². The lowest BCUT2D eigenvalue weighted by Crippen LogP contribution is -2.18. The molecule has 96 valence electrons. The molecule has 1 heterocycles. The third-order valence-corrected chi connectivity index (χ3v) is 3.65. The van der Waals surface area contributed by atoms with E-state index in [0.29, 0.717) is 12.1 Å². The van der Waals surface area contributed by atoms with Crippen LogP contribution in [0.3, 0.4) is 0 Å². The summed E-state index contributed by atoms with van der Waals surface area (Å²) >= 11 is 1.60. The van der Waals surface area contributed by atoms with Gasteiger partial charge in [-0.3, -0.25) is 0 Å². The van der Waals surface area contributed by atoms with Gasteiger partial charge in [0.25, 0.3) is 0 Å². The van der Waals surface area contributed by atoms with Gasteiger partial charge in [0.15, 0.2) is 0 Å². The average Bonchev–Trinajstić information content (AvgIpc) is 2.72. The second-order valence-corrected chi connectivity index (χ2v) is 5.13. The molecule has 5 heteroatoms. The SMILES string of the molecule is Cc1csc(CNC(C)c2ccc(F)cc2O)n1. The van der Waals surface area contributed by atoms with Gasteiger partial charge in [-0.2, -0.15) is 0 Å². The zero-order valence-electron chi connectivity index (χ0n) is 10.3. The molecular weight excluding hydrogens is 251 g/mol. The van der Waals surface area contributed by atoms with Crippen molar-refractivity contribution in [3.8, 4) is 5.75 Å². The highest BCUT2D eigenvalue weighted by Crippen LogP contribution is 2.25. The van der Waals surface area contributed by atoms with Crippen LogP contribution in [0.2, 0.25) is 0 Å². The highest BCUT2D eigenvalue weighted by atomic mass is 32.1. The molecule has 0 amide bonds. The van der Waals surface area contributed by atoms with E-state index in [0.717, 1.165) is 16.8 Å². The maximum absolute atomic E-state index is 12.9. The number of nitrogens with zero attached hydrogens (tertiary/aromatic N) is 1. The van der Waals surface area contributed by atoms with E-state index in [1.54, 1.807) is 17.4 Å². The first-order valence-corrected chi connectivity index (χ1v) is 6.57. The number of rotatable bonds is 4. The molecule has 2 rings (SSSR count). The molecule has 1 aromatic carbocycles. The number of aromatic hydroxyl groups is 1. The Kier molecular flexibility index (Phi) is 3.93. The van der Waals surface area contributed by atoms with Crippen LogP contribution in [0.1, 0.15) is 29.2 Å². The minimum absolute atomic E-state index is 0.0229. The van der Waals surface area contributed by atoms with E-state index in [2.05, 4.69) is 10.3 Å². The molecule has 3 nitrogen and oxygen atoms in total. The van der Waals surface area contributed by atoms with Gasteiger partial charge >= 0.3 is 0 Å². The topological polar surface area (TPSA) is 45.1 Å². The molecule has 0 spiro atoms. The molecule has 1 unspecified atom stereocenters. The number of thiazole rings is 1. The maximum atomic E-state index is 12.9.